The normalized spacial score (nSPS) is 17.5. The van der Waals surface area contributed by atoms with Crippen LogP contribution in [-0.2, 0) is 6.42 Å². The van der Waals surface area contributed by atoms with Crippen LogP contribution in [0.5, 0.6) is 0 Å². The highest BCUT2D eigenvalue weighted by Crippen LogP contribution is 2.31. The fourth-order valence-electron chi connectivity index (χ4n) is 6.52. The van der Waals surface area contributed by atoms with Crippen LogP contribution >= 0.6 is 11.6 Å². The molecule has 1 heterocycles. The predicted molar refractivity (Wildman–Crippen MR) is 209 cm³/mol. The predicted octanol–water partition coefficient (Wildman–Crippen LogP) is 11.0. The maximum absolute atomic E-state index is 13.8. The first-order valence-electron chi connectivity index (χ1n) is 18.7. The molecular formula is C42H62ClFN4. The van der Waals surface area contributed by atoms with Crippen molar-refractivity contribution in [3.63, 3.8) is 0 Å². The van der Waals surface area contributed by atoms with Gasteiger partial charge < -0.3 is 14.8 Å². The lowest BCUT2D eigenvalue weighted by Gasteiger charge is -2.27. The van der Waals surface area contributed by atoms with Gasteiger partial charge in [0, 0.05) is 45.3 Å². The second kappa shape index (κ2) is 21.3. The van der Waals surface area contributed by atoms with Gasteiger partial charge in [-0.05, 0) is 113 Å². The molecule has 0 bridgehead atoms. The highest BCUT2D eigenvalue weighted by molar-refractivity contribution is 6.30. The number of aliphatic imine (C=N–C) groups is 1. The van der Waals surface area contributed by atoms with Crippen molar-refractivity contribution < 1.29 is 4.39 Å². The minimum Gasteiger partial charge on any atom is -0.344 e. The Morgan fingerprint density at radius 3 is 2.29 bits per heavy atom. The molecule has 1 aromatic heterocycles. The Bertz CT molecular complexity index is 1500. The van der Waals surface area contributed by atoms with Gasteiger partial charge in [-0.25, -0.2) is 9.38 Å². The summed E-state index contributed by atoms with van der Waals surface area (Å²) < 4.78 is 16.3. The smallest absolute Gasteiger partial charge is 0.126 e. The monoisotopic (exact) mass is 676 g/mol. The molecule has 3 aromatic rings. The number of amidine groups is 1. The van der Waals surface area contributed by atoms with Crippen molar-refractivity contribution >= 4 is 35.4 Å². The average molecular weight is 677 g/mol. The van der Waals surface area contributed by atoms with Crippen LogP contribution in [0.3, 0.4) is 0 Å². The molecule has 6 heteroatoms. The van der Waals surface area contributed by atoms with E-state index in [0.29, 0.717) is 22.6 Å². The molecule has 0 amide bonds. The Labute approximate surface area is 296 Å². The Balaban J connectivity index is 0.000000488. The molecule has 0 aliphatic heterocycles. The van der Waals surface area contributed by atoms with Crippen molar-refractivity contribution in [2.45, 2.75) is 125 Å². The molecule has 1 fully saturated rings. The molecule has 0 saturated heterocycles. The molecule has 2 aromatic carbocycles. The summed E-state index contributed by atoms with van der Waals surface area (Å²) in [4.78, 5) is 7.33. The van der Waals surface area contributed by atoms with Gasteiger partial charge in [-0.1, -0.05) is 103 Å². The van der Waals surface area contributed by atoms with Gasteiger partial charge in [0.15, 0.2) is 0 Å². The fourth-order valence-corrected chi connectivity index (χ4v) is 6.74. The van der Waals surface area contributed by atoms with E-state index in [1.807, 2.05) is 13.1 Å². The SMILES string of the molecule is CCC/C=c1/c(=C\N=C(C)Nc2cc(F)cc(Cl)c2)c(-c2ccc(CC)cc2)cn1C1CCC(C)CC1.CCCCCN(CC)CCC. The molecule has 1 N–H and O–H groups in total. The van der Waals surface area contributed by atoms with E-state index in [-0.39, 0.29) is 5.82 Å². The highest BCUT2D eigenvalue weighted by Gasteiger charge is 2.21. The van der Waals surface area contributed by atoms with E-state index in [4.69, 9.17) is 16.6 Å². The molecule has 4 nitrogen and oxygen atoms in total. The topological polar surface area (TPSA) is 32.6 Å². The van der Waals surface area contributed by atoms with Crippen molar-refractivity contribution in [2.75, 3.05) is 25.0 Å². The third kappa shape index (κ3) is 12.5. The number of nitrogens with one attached hydrogen (secondary N) is 1. The van der Waals surface area contributed by atoms with Crippen LogP contribution in [0.25, 0.3) is 23.4 Å². The minimum atomic E-state index is -0.375. The maximum atomic E-state index is 13.8. The van der Waals surface area contributed by atoms with Crippen LogP contribution in [-0.4, -0.2) is 34.9 Å². The second-order valence-corrected chi connectivity index (χ2v) is 13.9. The summed E-state index contributed by atoms with van der Waals surface area (Å²) in [6, 6.07) is 13.8. The Morgan fingerprint density at radius 1 is 0.958 bits per heavy atom. The summed E-state index contributed by atoms with van der Waals surface area (Å²) in [5.74, 6) is 1.10. The zero-order chi connectivity index (χ0) is 34.9. The number of benzene rings is 2. The van der Waals surface area contributed by atoms with Crippen LogP contribution in [0.15, 0.2) is 53.7 Å². The number of hydrogen-bond donors (Lipinski definition) is 1. The minimum absolute atomic E-state index is 0.354. The number of hydrogen-bond acceptors (Lipinski definition) is 2. The summed E-state index contributed by atoms with van der Waals surface area (Å²) in [6.07, 6.45) is 20.2. The summed E-state index contributed by atoms with van der Waals surface area (Å²) in [7, 11) is 0. The number of nitrogens with zero attached hydrogens (tertiary/aromatic N) is 3. The third-order valence-corrected chi connectivity index (χ3v) is 9.65. The van der Waals surface area contributed by atoms with E-state index in [1.54, 1.807) is 6.07 Å². The summed E-state index contributed by atoms with van der Waals surface area (Å²) in [5.41, 5.74) is 4.32. The summed E-state index contributed by atoms with van der Waals surface area (Å²) in [5, 5.41) is 5.92. The molecule has 0 spiro atoms. The van der Waals surface area contributed by atoms with Crippen molar-refractivity contribution in [2.24, 2.45) is 10.9 Å². The van der Waals surface area contributed by atoms with Crippen LogP contribution in [0.2, 0.25) is 5.02 Å². The highest BCUT2D eigenvalue weighted by atomic mass is 35.5. The Kier molecular flexibility index (Phi) is 17.5. The van der Waals surface area contributed by atoms with Crippen LogP contribution < -0.4 is 15.9 Å². The maximum Gasteiger partial charge on any atom is 0.126 e. The molecule has 4 rings (SSSR count). The van der Waals surface area contributed by atoms with Gasteiger partial charge in [0.25, 0.3) is 0 Å². The molecule has 1 aliphatic rings. The first-order valence-corrected chi connectivity index (χ1v) is 19.1. The Morgan fingerprint density at radius 2 is 1.69 bits per heavy atom. The second-order valence-electron chi connectivity index (χ2n) is 13.5. The van der Waals surface area contributed by atoms with Crippen molar-refractivity contribution in [3.05, 3.63) is 75.6 Å². The van der Waals surface area contributed by atoms with E-state index in [1.165, 1.54) is 105 Å². The Hall–Kier alpha value is -2.89. The number of aromatic nitrogens is 1. The standard InChI is InChI=1S/C32H39ClFN3.C10H23N/c1-5-7-8-32-30(20-35-23(4)36-28-18-26(33)17-27(34)19-28)31(25-13-11-24(6-2)12-14-25)21-37(32)29-15-9-22(3)10-16-29;1-4-7-8-10-11(6-3)9-5-2/h8,11-14,17-22,29H,5-7,9-10,15-16H2,1-4H3,(H,35,36);4-10H2,1-3H3/b30-20-,32-8-;. The van der Waals surface area contributed by atoms with Gasteiger partial charge in [-0.2, -0.15) is 0 Å². The van der Waals surface area contributed by atoms with Crippen molar-refractivity contribution in [3.8, 4) is 11.1 Å². The van der Waals surface area contributed by atoms with Crippen molar-refractivity contribution in [1.29, 1.82) is 0 Å². The molecule has 264 valence electrons. The van der Waals surface area contributed by atoms with E-state index in [2.05, 4.69) is 92.9 Å². The van der Waals surface area contributed by atoms with Gasteiger partial charge in [0.05, 0.1) is 0 Å². The van der Waals surface area contributed by atoms with Crippen LogP contribution in [0.4, 0.5) is 10.1 Å². The molecule has 0 atom stereocenters. The first-order chi connectivity index (χ1) is 23.2. The van der Waals surface area contributed by atoms with E-state index < -0.39 is 0 Å². The molecular weight excluding hydrogens is 615 g/mol. The van der Waals surface area contributed by atoms with E-state index >= 15 is 0 Å². The van der Waals surface area contributed by atoms with Gasteiger partial charge in [0.1, 0.15) is 11.7 Å². The number of halogens is 2. The zero-order valence-electron chi connectivity index (χ0n) is 30.9. The largest absolute Gasteiger partial charge is 0.344 e. The van der Waals surface area contributed by atoms with Gasteiger partial charge in [0.2, 0.25) is 0 Å². The lowest BCUT2D eigenvalue weighted by atomic mass is 9.87. The average Bonchev–Trinajstić information content (AvgIpc) is 3.44. The van der Waals surface area contributed by atoms with Gasteiger partial charge in [-0.3, -0.25) is 0 Å². The number of aryl methyl sites for hydroxylation is 1. The van der Waals surface area contributed by atoms with Crippen molar-refractivity contribution in [1.82, 2.24) is 9.47 Å². The number of rotatable bonds is 14. The molecule has 0 radical (unpaired) electrons. The fraction of sp³-hybridized carbons (Fsp3) is 0.548. The lowest BCUT2D eigenvalue weighted by molar-refractivity contribution is 0.282. The molecule has 1 aliphatic carbocycles. The van der Waals surface area contributed by atoms with E-state index in [9.17, 15) is 4.39 Å². The zero-order valence-corrected chi connectivity index (χ0v) is 31.7. The van der Waals surface area contributed by atoms with Crippen LogP contribution in [0, 0.1) is 11.7 Å². The van der Waals surface area contributed by atoms with Gasteiger partial charge >= 0.3 is 0 Å². The number of anilines is 1. The third-order valence-electron chi connectivity index (χ3n) is 9.43. The van der Waals surface area contributed by atoms with Crippen LogP contribution in [0.1, 0.15) is 124 Å². The first kappa shape index (κ1) is 39.5. The summed E-state index contributed by atoms with van der Waals surface area (Å²) in [6.45, 7) is 19.2. The molecule has 48 heavy (non-hydrogen) atoms. The van der Waals surface area contributed by atoms with Gasteiger partial charge in [-0.15, -0.1) is 0 Å². The summed E-state index contributed by atoms with van der Waals surface area (Å²) >= 11 is 6.04. The van der Waals surface area contributed by atoms with E-state index in [0.717, 1.165) is 30.4 Å². The molecule has 0 unspecified atom stereocenters. The quantitative estimate of drug-likeness (QED) is 0.105. The lowest BCUT2D eigenvalue weighted by Crippen LogP contribution is -2.33. The molecule has 1 saturated carbocycles. The number of unbranched alkanes of at least 4 members (excludes halogenated alkanes) is 3.